The number of rotatable bonds is 5. The number of nitriles is 1. The summed E-state index contributed by atoms with van der Waals surface area (Å²) in [6, 6.07) is 6.23. The minimum Gasteiger partial charge on any atom is -0.465 e. The molecule has 0 fully saturated rings. The number of alkyl halides is 2. The predicted molar refractivity (Wildman–Crippen MR) is 64.6 cm³/mol. The zero-order chi connectivity index (χ0) is 15.3. The molecule has 0 aliphatic carbocycles. The molecule has 1 atom stereocenters. The zero-order valence-corrected chi connectivity index (χ0v) is 11.2. The van der Waals surface area contributed by atoms with E-state index in [1.54, 1.807) is 6.07 Å². The van der Waals surface area contributed by atoms with E-state index in [-0.39, 0.29) is 12.2 Å². The second-order valence-electron chi connectivity index (χ2n) is 3.66. The standard InChI is InChI=1S/C12H11F2NO4S/c1-2-19-11(16)9(7-15)8-5-3-4-6-10(8)20(17,18)12(13)14/h3-6,9,12H,2H2,1H3. The average Bonchev–Trinajstić information content (AvgIpc) is 2.40. The van der Waals surface area contributed by atoms with Crippen LogP contribution in [-0.2, 0) is 19.4 Å². The lowest BCUT2D eigenvalue weighted by Gasteiger charge is -2.13. The molecule has 108 valence electrons. The fourth-order valence-corrected chi connectivity index (χ4v) is 2.52. The first-order valence-corrected chi connectivity index (χ1v) is 7.08. The van der Waals surface area contributed by atoms with Crippen LogP contribution in [0, 0.1) is 11.3 Å². The number of carbonyl (C=O) groups excluding carboxylic acids is 1. The van der Waals surface area contributed by atoms with Crippen LogP contribution < -0.4 is 0 Å². The molecule has 0 N–H and O–H groups in total. The molecule has 8 heteroatoms. The Bertz CT molecular complexity index is 637. The molecule has 0 aliphatic heterocycles. The van der Waals surface area contributed by atoms with Crippen molar-refractivity contribution in [1.29, 1.82) is 5.26 Å². The number of hydrogen-bond acceptors (Lipinski definition) is 5. The maximum Gasteiger partial charge on any atom is 0.341 e. The third-order valence-corrected chi connectivity index (χ3v) is 3.88. The maximum atomic E-state index is 12.6. The summed E-state index contributed by atoms with van der Waals surface area (Å²) in [5.41, 5.74) is -0.311. The largest absolute Gasteiger partial charge is 0.465 e. The first-order chi connectivity index (χ1) is 9.36. The van der Waals surface area contributed by atoms with E-state index < -0.39 is 32.4 Å². The van der Waals surface area contributed by atoms with Crippen LogP contribution in [0.5, 0.6) is 0 Å². The Hall–Kier alpha value is -2.01. The van der Waals surface area contributed by atoms with Crippen LogP contribution in [0.1, 0.15) is 18.4 Å². The number of sulfone groups is 1. The van der Waals surface area contributed by atoms with Crippen molar-refractivity contribution in [1.82, 2.24) is 0 Å². The molecule has 0 saturated carbocycles. The maximum absolute atomic E-state index is 12.6. The lowest BCUT2D eigenvalue weighted by molar-refractivity contribution is -0.143. The second-order valence-corrected chi connectivity index (χ2v) is 5.54. The minimum atomic E-state index is -4.90. The first-order valence-electron chi connectivity index (χ1n) is 5.53. The van der Waals surface area contributed by atoms with E-state index in [1.165, 1.54) is 19.1 Å². The van der Waals surface area contributed by atoms with Crippen molar-refractivity contribution in [3.63, 3.8) is 0 Å². The van der Waals surface area contributed by atoms with Gasteiger partial charge in [-0.15, -0.1) is 0 Å². The summed E-state index contributed by atoms with van der Waals surface area (Å²) in [4.78, 5) is 10.9. The Labute approximate surface area is 114 Å². The molecule has 0 saturated heterocycles. The van der Waals surface area contributed by atoms with Crippen LogP contribution in [0.2, 0.25) is 0 Å². The highest BCUT2D eigenvalue weighted by Crippen LogP contribution is 2.28. The van der Waals surface area contributed by atoms with Crippen molar-refractivity contribution >= 4 is 15.8 Å². The molecule has 0 amide bonds. The third kappa shape index (κ3) is 3.11. The van der Waals surface area contributed by atoms with E-state index in [2.05, 4.69) is 4.74 Å². The smallest absolute Gasteiger partial charge is 0.341 e. The van der Waals surface area contributed by atoms with Crippen LogP contribution in [0.4, 0.5) is 8.78 Å². The molecular weight excluding hydrogens is 292 g/mol. The Morgan fingerprint density at radius 2 is 2.00 bits per heavy atom. The molecular formula is C12H11F2NO4S. The molecule has 5 nitrogen and oxygen atoms in total. The molecule has 1 unspecified atom stereocenters. The molecule has 0 radical (unpaired) electrons. The lowest BCUT2D eigenvalue weighted by Crippen LogP contribution is -2.20. The average molecular weight is 303 g/mol. The molecule has 0 aromatic heterocycles. The Kier molecular flexibility index (Phi) is 5.16. The van der Waals surface area contributed by atoms with Gasteiger partial charge in [0.05, 0.1) is 17.6 Å². The topological polar surface area (TPSA) is 84.2 Å². The van der Waals surface area contributed by atoms with Crippen LogP contribution in [-0.4, -0.2) is 26.8 Å². The van der Waals surface area contributed by atoms with Crippen molar-refractivity contribution in [2.45, 2.75) is 23.5 Å². The minimum absolute atomic E-state index is 0.0131. The van der Waals surface area contributed by atoms with Crippen molar-refractivity contribution in [3.05, 3.63) is 29.8 Å². The summed E-state index contributed by atoms with van der Waals surface area (Å²) >= 11 is 0. The van der Waals surface area contributed by atoms with Gasteiger partial charge >= 0.3 is 11.7 Å². The molecule has 1 aromatic carbocycles. The Morgan fingerprint density at radius 1 is 1.40 bits per heavy atom. The normalized spacial score (nSPS) is 12.8. The van der Waals surface area contributed by atoms with Crippen LogP contribution in [0.15, 0.2) is 29.2 Å². The molecule has 1 rings (SSSR count). The summed E-state index contributed by atoms with van der Waals surface area (Å²) < 4.78 is 52.9. The number of ether oxygens (including phenoxy) is 1. The number of halogens is 2. The second kappa shape index (κ2) is 6.43. The first kappa shape index (κ1) is 16.0. The van der Waals surface area contributed by atoms with Crippen molar-refractivity contribution < 1.29 is 26.7 Å². The van der Waals surface area contributed by atoms with E-state index in [0.717, 1.165) is 12.1 Å². The highest BCUT2D eigenvalue weighted by Gasteiger charge is 2.33. The van der Waals surface area contributed by atoms with E-state index in [1.807, 2.05) is 0 Å². The lowest BCUT2D eigenvalue weighted by atomic mass is 10.0. The van der Waals surface area contributed by atoms with Gasteiger partial charge in [-0.3, -0.25) is 4.79 Å². The third-order valence-electron chi connectivity index (χ3n) is 2.42. The van der Waals surface area contributed by atoms with Crippen molar-refractivity contribution in [2.24, 2.45) is 0 Å². The van der Waals surface area contributed by atoms with Gasteiger partial charge in [-0.1, -0.05) is 18.2 Å². The number of carbonyl (C=O) groups is 1. The van der Waals surface area contributed by atoms with Gasteiger partial charge < -0.3 is 4.74 Å². The van der Waals surface area contributed by atoms with Crippen LogP contribution in [0.25, 0.3) is 0 Å². The van der Waals surface area contributed by atoms with Crippen LogP contribution >= 0.6 is 0 Å². The van der Waals surface area contributed by atoms with Gasteiger partial charge in [-0.2, -0.15) is 14.0 Å². The molecule has 1 aromatic rings. The molecule has 0 bridgehead atoms. The number of hydrogen-bond donors (Lipinski definition) is 0. The molecule has 0 aliphatic rings. The molecule has 0 heterocycles. The Morgan fingerprint density at radius 3 is 2.50 bits per heavy atom. The van der Waals surface area contributed by atoms with Gasteiger partial charge in [0.2, 0.25) is 9.84 Å². The monoisotopic (exact) mass is 303 g/mol. The van der Waals surface area contributed by atoms with Crippen molar-refractivity contribution in [3.8, 4) is 6.07 Å². The fourth-order valence-electron chi connectivity index (χ4n) is 1.55. The van der Waals surface area contributed by atoms with E-state index >= 15 is 0 Å². The predicted octanol–water partition coefficient (Wildman–Crippen LogP) is 1.85. The highest BCUT2D eigenvalue weighted by molar-refractivity contribution is 7.91. The quantitative estimate of drug-likeness (QED) is 0.775. The summed E-state index contributed by atoms with van der Waals surface area (Å²) in [6.07, 6.45) is 0. The van der Waals surface area contributed by atoms with E-state index in [9.17, 15) is 22.0 Å². The van der Waals surface area contributed by atoms with Gasteiger partial charge in [0.15, 0.2) is 5.92 Å². The highest BCUT2D eigenvalue weighted by atomic mass is 32.2. The summed E-state index contributed by atoms with van der Waals surface area (Å²) in [7, 11) is -4.90. The number of benzene rings is 1. The van der Waals surface area contributed by atoms with Gasteiger partial charge in [0.25, 0.3) is 0 Å². The van der Waals surface area contributed by atoms with Gasteiger partial charge in [-0.05, 0) is 18.6 Å². The van der Waals surface area contributed by atoms with Gasteiger partial charge in [-0.25, -0.2) is 8.42 Å². The van der Waals surface area contributed by atoms with Crippen molar-refractivity contribution in [2.75, 3.05) is 6.61 Å². The molecule has 0 spiro atoms. The van der Waals surface area contributed by atoms with E-state index in [0.29, 0.717) is 0 Å². The zero-order valence-electron chi connectivity index (χ0n) is 10.4. The Balaban J connectivity index is 3.40. The summed E-state index contributed by atoms with van der Waals surface area (Å²) in [5.74, 6) is -6.18. The SMILES string of the molecule is CCOC(=O)C(C#N)c1ccccc1S(=O)(=O)C(F)F. The molecule has 20 heavy (non-hydrogen) atoms. The fraction of sp³-hybridized carbons (Fsp3) is 0.333. The van der Waals surface area contributed by atoms with Crippen LogP contribution in [0.3, 0.4) is 0 Å². The number of esters is 1. The summed E-state index contributed by atoms with van der Waals surface area (Å²) in [5, 5.41) is 8.97. The summed E-state index contributed by atoms with van der Waals surface area (Å²) in [6.45, 7) is 1.49. The van der Waals surface area contributed by atoms with Gasteiger partial charge in [0.1, 0.15) is 0 Å². The van der Waals surface area contributed by atoms with Gasteiger partial charge in [0, 0.05) is 0 Å². The number of nitrogens with zero attached hydrogens (tertiary/aromatic N) is 1. The van der Waals surface area contributed by atoms with E-state index in [4.69, 9.17) is 5.26 Å².